The maximum absolute atomic E-state index is 13.5. The van der Waals surface area contributed by atoms with Gasteiger partial charge in [0.1, 0.15) is 5.54 Å². The number of amides is 2. The first kappa shape index (κ1) is 21.4. The van der Waals surface area contributed by atoms with E-state index in [1.165, 1.54) is 11.1 Å². The predicted octanol–water partition coefficient (Wildman–Crippen LogP) is 5.51. The summed E-state index contributed by atoms with van der Waals surface area (Å²) in [7, 11) is 0. The number of likely N-dealkylation sites (tertiary alicyclic amines) is 1. The Hall–Kier alpha value is -2.36. The van der Waals surface area contributed by atoms with Crippen LogP contribution in [-0.4, -0.2) is 28.3 Å². The molecular weight excluding hydrogens is 360 g/mol. The first-order chi connectivity index (χ1) is 13.5. The van der Waals surface area contributed by atoms with Crippen molar-refractivity contribution in [3.05, 3.63) is 41.0 Å². The zero-order valence-electron chi connectivity index (χ0n) is 19.0. The summed E-state index contributed by atoms with van der Waals surface area (Å²) < 4.78 is 0. The van der Waals surface area contributed by atoms with E-state index in [9.17, 15) is 9.59 Å². The maximum atomic E-state index is 13.5. The van der Waals surface area contributed by atoms with E-state index >= 15 is 0 Å². The Bertz CT molecular complexity index is 929. The monoisotopic (exact) mass is 394 g/mol. The van der Waals surface area contributed by atoms with Gasteiger partial charge in [-0.25, -0.2) is 0 Å². The minimum atomic E-state index is -0.781. The van der Waals surface area contributed by atoms with Gasteiger partial charge < -0.3 is 10.2 Å². The van der Waals surface area contributed by atoms with Crippen LogP contribution in [0.2, 0.25) is 0 Å². The van der Waals surface area contributed by atoms with E-state index in [2.05, 4.69) is 57.3 Å². The summed E-state index contributed by atoms with van der Waals surface area (Å²) in [5.41, 5.74) is 5.90. The predicted molar refractivity (Wildman–Crippen MR) is 119 cm³/mol. The first-order valence-electron chi connectivity index (χ1n) is 10.7. The lowest BCUT2D eigenvalue weighted by Gasteiger charge is -2.55. The van der Waals surface area contributed by atoms with E-state index in [1.807, 2.05) is 27.7 Å². The lowest BCUT2D eigenvalue weighted by Crippen LogP contribution is -2.73. The molecule has 4 nitrogen and oxygen atoms in total. The summed E-state index contributed by atoms with van der Waals surface area (Å²) in [5, 5.41) is 3.21. The van der Waals surface area contributed by atoms with Crippen molar-refractivity contribution in [1.82, 2.24) is 4.90 Å². The van der Waals surface area contributed by atoms with Crippen LogP contribution in [0.3, 0.4) is 0 Å². The summed E-state index contributed by atoms with van der Waals surface area (Å²) in [6, 6.07) is 8.61. The van der Waals surface area contributed by atoms with Gasteiger partial charge in [-0.3, -0.25) is 9.59 Å². The molecule has 0 aromatic rings. The van der Waals surface area contributed by atoms with E-state index in [0.717, 1.165) is 22.4 Å². The van der Waals surface area contributed by atoms with Crippen molar-refractivity contribution < 1.29 is 9.59 Å². The summed E-state index contributed by atoms with van der Waals surface area (Å²) in [4.78, 5) is 27.6. The fourth-order valence-corrected chi connectivity index (χ4v) is 4.74. The third-order valence-corrected chi connectivity index (χ3v) is 6.45. The van der Waals surface area contributed by atoms with Crippen LogP contribution in [0.1, 0.15) is 70.6 Å². The number of hydrogen-bond acceptors (Lipinski definition) is 2. The largest absolute Gasteiger partial charge is 0.325 e. The topological polar surface area (TPSA) is 49.4 Å². The Labute approximate surface area is 175 Å². The third-order valence-electron chi connectivity index (χ3n) is 6.45. The lowest BCUT2D eigenvalue weighted by molar-refractivity contribution is -0.172. The molecule has 1 saturated heterocycles. The molecule has 1 aliphatic heterocycles. The third kappa shape index (κ3) is 3.33. The highest BCUT2D eigenvalue weighted by Gasteiger charge is 2.59. The van der Waals surface area contributed by atoms with E-state index < -0.39 is 5.54 Å². The quantitative estimate of drug-likeness (QED) is 0.680. The van der Waals surface area contributed by atoms with Gasteiger partial charge in [0.2, 0.25) is 5.91 Å². The summed E-state index contributed by atoms with van der Waals surface area (Å²) in [6.07, 6.45) is 0.274. The van der Waals surface area contributed by atoms with E-state index in [1.54, 1.807) is 4.90 Å². The van der Waals surface area contributed by atoms with Gasteiger partial charge in [-0.15, -0.1) is 0 Å². The summed E-state index contributed by atoms with van der Waals surface area (Å²) in [6.45, 7) is 16.6. The number of anilines is 1. The van der Waals surface area contributed by atoms with Crippen LogP contribution in [-0.2, 0) is 9.59 Å². The summed E-state index contributed by atoms with van der Waals surface area (Å²) in [5.74, 6) is 0.441. The second kappa shape index (κ2) is 7.47. The molecule has 0 aromatic carbocycles. The molecule has 29 heavy (non-hydrogen) atoms. The van der Waals surface area contributed by atoms with Gasteiger partial charge in [0, 0.05) is 17.3 Å². The van der Waals surface area contributed by atoms with E-state index in [4.69, 9.17) is 0 Å². The highest BCUT2D eigenvalue weighted by molar-refractivity contribution is 6.09. The summed E-state index contributed by atoms with van der Waals surface area (Å²) >= 11 is 0. The minimum absolute atomic E-state index is 0.00400. The van der Waals surface area contributed by atoms with Crippen LogP contribution >= 0.6 is 0 Å². The van der Waals surface area contributed by atoms with Crippen LogP contribution in [0.15, 0.2) is 24.3 Å². The average Bonchev–Trinajstić information content (AvgIpc) is 2.77. The molecule has 1 heterocycles. The van der Waals surface area contributed by atoms with Crippen molar-refractivity contribution in [2.24, 2.45) is 5.92 Å². The standard InChI is InChI=1S/C25H34N2O2/c1-14(2)19-10-9-17(7)23-20(12-19)18(8)11-21(23)26-24(29)25(15(3)4)13-22(28)27(25)16(5)6/h9-12,14-16H,13H2,1-8H3,(H,26,29). The molecule has 3 rings (SSSR count). The molecular formula is C25H34N2O2. The molecule has 0 bridgehead atoms. The fraction of sp³-hybridized carbons (Fsp3) is 0.520. The lowest BCUT2D eigenvalue weighted by atomic mass is 9.73. The van der Waals surface area contributed by atoms with Crippen LogP contribution < -0.4 is 5.32 Å². The molecule has 2 amide bonds. The number of β-lactam (4-membered cyclic amide) rings is 1. The van der Waals surface area contributed by atoms with Gasteiger partial charge in [-0.05, 0) is 67.9 Å². The molecule has 4 heteroatoms. The average molecular weight is 395 g/mol. The zero-order chi connectivity index (χ0) is 21.7. The van der Waals surface area contributed by atoms with Crippen molar-refractivity contribution in [2.75, 3.05) is 5.32 Å². The minimum Gasteiger partial charge on any atom is -0.325 e. The SMILES string of the molecule is Cc1cc(NC(=O)C2(C(C)C)CC(=O)N2C(C)C)c2c(C)ccc(C(C)C)cc1-2. The number of rotatable bonds is 5. The van der Waals surface area contributed by atoms with Crippen LogP contribution in [0.4, 0.5) is 5.69 Å². The smallest absolute Gasteiger partial charge is 0.251 e. The molecule has 0 radical (unpaired) electrons. The van der Waals surface area contributed by atoms with Crippen molar-refractivity contribution in [1.29, 1.82) is 0 Å². The van der Waals surface area contributed by atoms with Crippen LogP contribution in [0, 0.1) is 19.8 Å². The molecule has 0 aromatic heterocycles. The number of hydrogen-bond donors (Lipinski definition) is 1. The zero-order valence-corrected chi connectivity index (χ0v) is 19.0. The molecule has 0 saturated carbocycles. The number of nitrogens with zero attached hydrogens (tertiary/aromatic N) is 1. The highest BCUT2D eigenvalue weighted by Crippen LogP contribution is 2.44. The van der Waals surface area contributed by atoms with Gasteiger partial charge in [-0.2, -0.15) is 0 Å². The molecule has 3 aliphatic rings. The second-order valence-corrected chi connectivity index (χ2v) is 9.41. The molecule has 1 N–H and O–H groups in total. The van der Waals surface area contributed by atoms with Gasteiger partial charge in [0.25, 0.3) is 5.91 Å². The maximum Gasteiger partial charge on any atom is 0.251 e. The molecule has 1 atom stereocenters. The number of carbonyl (C=O) groups is 2. The first-order valence-corrected chi connectivity index (χ1v) is 10.7. The van der Waals surface area contributed by atoms with Gasteiger partial charge in [-0.1, -0.05) is 45.9 Å². The van der Waals surface area contributed by atoms with Crippen LogP contribution in [0.5, 0.6) is 0 Å². The van der Waals surface area contributed by atoms with Gasteiger partial charge >= 0.3 is 0 Å². The molecule has 1 unspecified atom stereocenters. The highest BCUT2D eigenvalue weighted by atomic mass is 16.2. The van der Waals surface area contributed by atoms with Gasteiger partial charge in [0.15, 0.2) is 0 Å². The second-order valence-electron chi connectivity index (χ2n) is 9.41. The van der Waals surface area contributed by atoms with Crippen LogP contribution in [0.25, 0.3) is 11.1 Å². The van der Waals surface area contributed by atoms with Gasteiger partial charge in [0.05, 0.1) is 6.42 Å². The number of carbonyl (C=O) groups excluding carboxylic acids is 2. The molecule has 0 spiro atoms. The van der Waals surface area contributed by atoms with E-state index in [0.29, 0.717) is 5.92 Å². The normalized spacial score (nSPS) is 19.4. The Morgan fingerprint density at radius 2 is 1.69 bits per heavy atom. The molecule has 2 aliphatic carbocycles. The fourth-order valence-electron chi connectivity index (χ4n) is 4.74. The van der Waals surface area contributed by atoms with Crippen molar-refractivity contribution in [2.45, 2.75) is 79.3 Å². The van der Waals surface area contributed by atoms with E-state index in [-0.39, 0.29) is 30.2 Å². The number of aryl methyl sites for hydroxylation is 2. The van der Waals surface area contributed by atoms with Crippen molar-refractivity contribution >= 4 is 17.5 Å². The molecule has 1 fully saturated rings. The number of fused-ring (bicyclic) bond motifs is 1. The Morgan fingerprint density at radius 3 is 2.21 bits per heavy atom. The Balaban J connectivity index is 2.03. The Morgan fingerprint density at radius 1 is 1.03 bits per heavy atom. The molecule has 156 valence electrons. The number of nitrogens with one attached hydrogen (secondary N) is 1. The Kier molecular flexibility index (Phi) is 5.50. The van der Waals surface area contributed by atoms with Crippen molar-refractivity contribution in [3.8, 4) is 11.1 Å². The van der Waals surface area contributed by atoms with Crippen molar-refractivity contribution in [3.63, 3.8) is 0 Å².